The van der Waals surface area contributed by atoms with Gasteiger partial charge in [-0.3, -0.25) is 5.10 Å². The molecule has 2 heterocycles. The third-order valence-corrected chi connectivity index (χ3v) is 3.24. The van der Waals surface area contributed by atoms with E-state index in [9.17, 15) is 0 Å². The molecule has 0 saturated heterocycles. The lowest BCUT2D eigenvalue weighted by atomic mass is 10.2. The van der Waals surface area contributed by atoms with Gasteiger partial charge in [0.25, 0.3) is 0 Å². The number of aryl methyl sites for hydroxylation is 1. The van der Waals surface area contributed by atoms with Gasteiger partial charge in [-0.05, 0) is 43.4 Å². The molecule has 0 saturated carbocycles. The van der Waals surface area contributed by atoms with E-state index < -0.39 is 0 Å². The quantitative estimate of drug-likeness (QED) is 0.720. The molecule has 5 nitrogen and oxygen atoms in total. The first-order chi connectivity index (χ1) is 9.72. The molecule has 102 valence electrons. The molecule has 2 N–H and O–H groups in total. The Hall–Kier alpha value is -2.34. The topological polar surface area (TPSA) is 58.8 Å². The van der Waals surface area contributed by atoms with Gasteiger partial charge >= 0.3 is 0 Å². The van der Waals surface area contributed by atoms with E-state index in [0.29, 0.717) is 23.0 Å². The standard InChI is InChI=1S/C14H14N4OS/c1-10-4-6-11(7-5-10)15-9-18-14(20)16-13(17-18)12-3-2-8-19-12/h2-8,15H,9H2,1H3,(H,16,17,20). The number of furan rings is 1. The number of anilines is 1. The van der Waals surface area contributed by atoms with Crippen LogP contribution in [0.3, 0.4) is 0 Å². The van der Waals surface area contributed by atoms with E-state index in [1.54, 1.807) is 10.9 Å². The highest BCUT2D eigenvalue weighted by atomic mass is 32.1. The van der Waals surface area contributed by atoms with Crippen LogP contribution in [0.15, 0.2) is 47.1 Å². The van der Waals surface area contributed by atoms with Crippen molar-refractivity contribution in [2.45, 2.75) is 13.6 Å². The van der Waals surface area contributed by atoms with E-state index in [1.165, 1.54) is 5.56 Å². The van der Waals surface area contributed by atoms with Gasteiger partial charge in [0, 0.05) is 5.69 Å². The van der Waals surface area contributed by atoms with Crippen molar-refractivity contribution in [1.82, 2.24) is 14.8 Å². The zero-order valence-corrected chi connectivity index (χ0v) is 11.8. The van der Waals surface area contributed by atoms with Gasteiger partial charge in [-0.25, -0.2) is 4.68 Å². The third kappa shape index (κ3) is 2.65. The second-order valence-electron chi connectivity index (χ2n) is 4.46. The summed E-state index contributed by atoms with van der Waals surface area (Å²) < 4.78 is 7.53. The van der Waals surface area contributed by atoms with Gasteiger partial charge in [0.2, 0.25) is 4.77 Å². The molecule has 0 bridgehead atoms. The maximum Gasteiger partial charge on any atom is 0.218 e. The van der Waals surface area contributed by atoms with Crippen LogP contribution in [0.25, 0.3) is 11.6 Å². The van der Waals surface area contributed by atoms with Crippen molar-refractivity contribution in [3.8, 4) is 11.6 Å². The Balaban J connectivity index is 1.75. The summed E-state index contributed by atoms with van der Waals surface area (Å²) in [6.45, 7) is 2.58. The van der Waals surface area contributed by atoms with Crippen LogP contribution in [-0.2, 0) is 6.67 Å². The SMILES string of the molecule is Cc1ccc(NCn2[nH]c(-c3ccco3)nc2=S)cc1. The van der Waals surface area contributed by atoms with Gasteiger partial charge in [-0.2, -0.15) is 4.98 Å². The lowest BCUT2D eigenvalue weighted by molar-refractivity contribution is 0.574. The highest BCUT2D eigenvalue weighted by Crippen LogP contribution is 2.15. The van der Waals surface area contributed by atoms with Crippen molar-refractivity contribution in [2.24, 2.45) is 0 Å². The second kappa shape index (κ2) is 5.34. The highest BCUT2D eigenvalue weighted by molar-refractivity contribution is 7.71. The summed E-state index contributed by atoms with van der Waals surface area (Å²) in [5, 5.41) is 6.39. The van der Waals surface area contributed by atoms with Crippen LogP contribution < -0.4 is 5.32 Å². The number of benzene rings is 1. The summed E-state index contributed by atoms with van der Waals surface area (Å²) in [4.78, 5) is 4.27. The van der Waals surface area contributed by atoms with Crippen LogP contribution in [0.4, 0.5) is 5.69 Å². The first kappa shape index (κ1) is 12.7. The maximum absolute atomic E-state index is 5.29. The molecular formula is C14H14N4OS. The lowest BCUT2D eigenvalue weighted by Crippen LogP contribution is -2.09. The number of aromatic nitrogens is 3. The van der Waals surface area contributed by atoms with E-state index >= 15 is 0 Å². The fourth-order valence-corrected chi connectivity index (χ4v) is 2.03. The van der Waals surface area contributed by atoms with Crippen molar-refractivity contribution in [1.29, 1.82) is 0 Å². The fourth-order valence-electron chi connectivity index (χ4n) is 1.83. The smallest absolute Gasteiger partial charge is 0.218 e. The third-order valence-electron chi connectivity index (χ3n) is 2.93. The first-order valence-electron chi connectivity index (χ1n) is 6.23. The zero-order chi connectivity index (χ0) is 13.9. The molecule has 0 aliphatic heterocycles. The molecule has 0 aliphatic rings. The molecule has 0 radical (unpaired) electrons. The van der Waals surface area contributed by atoms with E-state index in [-0.39, 0.29) is 0 Å². The van der Waals surface area contributed by atoms with Crippen molar-refractivity contribution in [2.75, 3.05) is 5.32 Å². The van der Waals surface area contributed by atoms with E-state index in [0.717, 1.165) is 5.69 Å². The zero-order valence-electron chi connectivity index (χ0n) is 11.0. The minimum atomic E-state index is 0.482. The van der Waals surface area contributed by atoms with Crippen LogP contribution in [-0.4, -0.2) is 14.8 Å². The highest BCUT2D eigenvalue weighted by Gasteiger charge is 2.06. The van der Waals surface area contributed by atoms with Crippen LogP contribution >= 0.6 is 12.2 Å². The van der Waals surface area contributed by atoms with Crippen LogP contribution in [0.5, 0.6) is 0 Å². The van der Waals surface area contributed by atoms with Crippen molar-refractivity contribution in [3.63, 3.8) is 0 Å². The Morgan fingerprint density at radius 3 is 2.80 bits per heavy atom. The molecule has 0 fully saturated rings. The normalized spacial score (nSPS) is 10.7. The van der Waals surface area contributed by atoms with Gasteiger partial charge in [-0.1, -0.05) is 17.7 Å². The van der Waals surface area contributed by atoms with Crippen molar-refractivity contribution >= 4 is 17.9 Å². The molecule has 2 aromatic heterocycles. The number of hydrogen-bond acceptors (Lipinski definition) is 4. The summed E-state index contributed by atoms with van der Waals surface area (Å²) in [6.07, 6.45) is 1.61. The molecule has 1 aromatic carbocycles. The molecule has 0 amide bonds. The van der Waals surface area contributed by atoms with E-state index in [4.69, 9.17) is 16.6 Å². The first-order valence-corrected chi connectivity index (χ1v) is 6.64. The number of hydrogen-bond donors (Lipinski definition) is 2. The lowest BCUT2D eigenvalue weighted by Gasteiger charge is -2.06. The average molecular weight is 286 g/mol. The number of rotatable bonds is 4. The van der Waals surface area contributed by atoms with Gasteiger partial charge < -0.3 is 9.73 Å². The molecule has 0 atom stereocenters. The molecule has 20 heavy (non-hydrogen) atoms. The van der Waals surface area contributed by atoms with Crippen LogP contribution in [0.1, 0.15) is 5.56 Å². The Morgan fingerprint density at radius 1 is 1.30 bits per heavy atom. The summed E-state index contributed by atoms with van der Waals surface area (Å²) in [6, 6.07) is 11.8. The van der Waals surface area contributed by atoms with Gasteiger partial charge in [-0.15, -0.1) is 0 Å². The van der Waals surface area contributed by atoms with Gasteiger partial charge in [0.1, 0.15) is 6.67 Å². The van der Waals surface area contributed by atoms with Crippen molar-refractivity contribution < 1.29 is 4.42 Å². The Kier molecular flexibility index (Phi) is 3.39. The largest absolute Gasteiger partial charge is 0.461 e. The van der Waals surface area contributed by atoms with E-state index in [2.05, 4.69) is 34.5 Å². The number of H-pyrrole nitrogens is 1. The summed E-state index contributed by atoms with van der Waals surface area (Å²) in [7, 11) is 0. The summed E-state index contributed by atoms with van der Waals surface area (Å²) in [5.74, 6) is 1.30. The predicted molar refractivity (Wildman–Crippen MR) is 79.9 cm³/mol. The number of nitrogens with zero attached hydrogens (tertiary/aromatic N) is 2. The Labute approximate surface area is 121 Å². The second-order valence-corrected chi connectivity index (χ2v) is 4.83. The molecule has 0 aliphatic carbocycles. The Morgan fingerprint density at radius 2 is 2.10 bits per heavy atom. The molecule has 0 spiro atoms. The number of nitrogens with one attached hydrogen (secondary N) is 2. The Bertz CT molecular complexity index is 740. The monoisotopic (exact) mass is 286 g/mol. The van der Waals surface area contributed by atoms with E-state index in [1.807, 2.05) is 24.3 Å². The summed E-state index contributed by atoms with van der Waals surface area (Å²) >= 11 is 5.22. The molecule has 0 unspecified atom stereocenters. The van der Waals surface area contributed by atoms with Gasteiger partial charge in [0.05, 0.1) is 6.26 Å². The molecule has 6 heteroatoms. The van der Waals surface area contributed by atoms with Crippen molar-refractivity contribution in [3.05, 3.63) is 53.0 Å². The molecular weight excluding hydrogens is 272 g/mol. The predicted octanol–water partition coefficient (Wildman–Crippen LogP) is 3.58. The average Bonchev–Trinajstić information content (AvgIpc) is 3.08. The molecule has 3 rings (SSSR count). The van der Waals surface area contributed by atoms with Crippen LogP contribution in [0.2, 0.25) is 0 Å². The van der Waals surface area contributed by atoms with Gasteiger partial charge in [0.15, 0.2) is 11.6 Å². The fraction of sp³-hybridized carbons (Fsp3) is 0.143. The minimum absolute atomic E-state index is 0.482. The number of aromatic amines is 1. The minimum Gasteiger partial charge on any atom is -0.461 e. The molecule has 3 aromatic rings. The maximum atomic E-state index is 5.29. The summed E-state index contributed by atoms with van der Waals surface area (Å²) in [5.41, 5.74) is 2.26. The van der Waals surface area contributed by atoms with Crippen LogP contribution in [0, 0.1) is 11.7 Å².